The molecule has 2 aromatic rings. The summed E-state index contributed by atoms with van der Waals surface area (Å²) < 4.78 is 51.8. The van der Waals surface area contributed by atoms with E-state index >= 15 is 0 Å². The van der Waals surface area contributed by atoms with E-state index in [9.17, 15) is 22.0 Å². The van der Waals surface area contributed by atoms with Crippen molar-refractivity contribution in [3.05, 3.63) is 59.7 Å². The molecule has 0 aromatic heterocycles. The molecule has 0 aliphatic rings. The van der Waals surface area contributed by atoms with E-state index in [1.807, 2.05) is 0 Å². The van der Waals surface area contributed by atoms with E-state index in [1.54, 1.807) is 6.07 Å². The van der Waals surface area contributed by atoms with Crippen molar-refractivity contribution < 1.29 is 26.7 Å². The van der Waals surface area contributed by atoms with E-state index in [2.05, 4.69) is 10.1 Å². The Kier molecular flexibility index (Phi) is 5.50. The van der Waals surface area contributed by atoms with E-state index in [0.717, 1.165) is 6.26 Å². The molecule has 128 valence electrons. The maximum Gasteiger partial charge on any atom is 0.387 e. The van der Waals surface area contributed by atoms with Crippen LogP contribution in [0.1, 0.15) is 15.9 Å². The van der Waals surface area contributed by atoms with E-state index in [-0.39, 0.29) is 22.8 Å². The summed E-state index contributed by atoms with van der Waals surface area (Å²) in [6.45, 7) is -2.78. The van der Waals surface area contributed by atoms with Crippen molar-refractivity contribution in [2.45, 2.75) is 18.1 Å². The molecule has 0 bridgehead atoms. The number of ether oxygens (including phenoxy) is 1. The first kappa shape index (κ1) is 17.9. The summed E-state index contributed by atoms with van der Waals surface area (Å²) in [4.78, 5) is 12.1. The minimum atomic E-state index is -3.53. The number of halogens is 2. The predicted octanol–water partition coefficient (Wildman–Crippen LogP) is 2.62. The number of hydrogen-bond acceptors (Lipinski definition) is 4. The number of carbonyl (C=O) groups is 1. The summed E-state index contributed by atoms with van der Waals surface area (Å²) in [6, 6.07) is 11.7. The van der Waals surface area contributed by atoms with Gasteiger partial charge in [-0.15, -0.1) is 0 Å². The van der Waals surface area contributed by atoms with Crippen LogP contribution in [0.5, 0.6) is 5.75 Å². The zero-order valence-electron chi connectivity index (χ0n) is 12.7. The zero-order valence-corrected chi connectivity index (χ0v) is 13.5. The highest BCUT2D eigenvalue weighted by Crippen LogP contribution is 2.17. The topological polar surface area (TPSA) is 72.5 Å². The highest BCUT2D eigenvalue weighted by molar-refractivity contribution is 7.90. The smallest absolute Gasteiger partial charge is 0.387 e. The Morgan fingerprint density at radius 1 is 1.12 bits per heavy atom. The van der Waals surface area contributed by atoms with Gasteiger partial charge in [-0.05, 0) is 29.8 Å². The van der Waals surface area contributed by atoms with Gasteiger partial charge in [0.2, 0.25) is 0 Å². The Balaban J connectivity index is 2.06. The summed E-state index contributed by atoms with van der Waals surface area (Å²) in [5.41, 5.74) is 0.708. The molecule has 1 amide bonds. The van der Waals surface area contributed by atoms with Crippen LogP contribution in [0.2, 0.25) is 0 Å². The van der Waals surface area contributed by atoms with Crippen LogP contribution in [0.4, 0.5) is 8.78 Å². The minimum Gasteiger partial charge on any atom is -0.435 e. The van der Waals surface area contributed by atoms with Crippen molar-refractivity contribution in [1.29, 1.82) is 0 Å². The van der Waals surface area contributed by atoms with E-state index in [0.29, 0.717) is 5.56 Å². The van der Waals surface area contributed by atoms with Gasteiger partial charge < -0.3 is 10.1 Å². The minimum absolute atomic E-state index is 0.0162. The number of rotatable bonds is 6. The molecular formula is C16H15F2NO4S. The SMILES string of the molecule is CS(=O)(=O)c1ccccc1C(=O)NCc1ccc(OC(F)F)cc1. The monoisotopic (exact) mass is 355 g/mol. The second-order valence-electron chi connectivity index (χ2n) is 4.97. The normalized spacial score (nSPS) is 11.3. The molecule has 5 nitrogen and oxygen atoms in total. The zero-order chi connectivity index (χ0) is 17.7. The lowest BCUT2D eigenvalue weighted by atomic mass is 10.2. The first-order valence-corrected chi connectivity index (χ1v) is 8.77. The molecule has 0 radical (unpaired) electrons. The van der Waals surface area contributed by atoms with Crippen LogP contribution in [0, 0.1) is 0 Å². The summed E-state index contributed by atoms with van der Waals surface area (Å²) in [6.07, 6.45) is 1.03. The Morgan fingerprint density at radius 3 is 2.33 bits per heavy atom. The van der Waals surface area contributed by atoms with Gasteiger partial charge in [-0.25, -0.2) is 8.42 Å². The first-order chi connectivity index (χ1) is 11.3. The largest absolute Gasteiger partial charge is 0.435 e. The van der Waals surface area contributed by atoms with Gasteiger partial charge in [0.05, 0.1) is 10.5 Å². The van der Waals surface area contributed by atoms with Crippen LogP contribution in [0.15, 0.2) is 53.4 Å². The third-order valence-corrected chi connectivity index (χ3v) is 4.29. The number of nitrogens with one attached hydrogen (secondary N) is 1. The molecule has 24 heavy (non-hydrogen) atoms. The molecule has 0 saturated heterocycles. The summed E-state index contributed by atoms with van der Waals surface area (Å²) in [7, 11) is -3.53. The molecule has 0 saturated carbocycles. The molecule has 0 atom stereocenters. The second kappa shape index (κ2) is 7.39. The highest BCUT2D eigenvalue weighted by atomic mass is 32.2. The molecule has 8 heteroatoms. The summed E-state index contributed by atoms with van der Waals surface area (Å²) in [5.74, 6) is -0.522. The van der Waals surface area contributed by atoms with Gasteiger partial charge in [-0.1, -0.05) is 24.3 Å². The number of alkyl halides is 2. The number of amides is 1. The van der Waals surface area contributed by atoms with Crippen LogP contribution in [0.25, 0.3) is 0 Å². The molecule has 0 aliphatic heterocycles. The number of benzene rings is 2. The Morgan fingerprint density at radius 2 is 1.75 bits per heavy atom. The van der Waals surface area contributed by atoms with Crippen molar-refractivity contribution in [2.24, 2.45) is 0 Å². The van der Waals surface area contributed by atoms with Crippen molar-refractivity contribution in [1.82, 2.24) is 5.32 Å². The van der Waals surface area contributed by atoms with Crippen LogP contribution < -0.4 is 10.1 Å². The lowest BCUT2D eigenvalue weighted by molar-refractivity contribution is -0.0498. The molecule has 0 heterocycles. The standard InChI is InChI=1S/C16H15F2NO4S/c1-24(21,22)14-5-3-2-4-13(14)15(20)19-10-11-6-8-12(9-7-11)23-16(17)18/h2-9,16H,10H2,1H3,(H,19,20). The molecule has 0 unspecified atom stereocenters. The lowest BCUT2D eigenvalue weighted by Gasteiger charge is -2.10. The van der Waals surface area contributed by atoms with Crippen LogP contribution in [-0.2, 0) is 16.4 Å². The number of sulfone groups is 1. The summed E-state index contributed by atoms with van der Waals surface area (Å²) in [5, 5.41) is 2.60. The van der Waals surface area contributed by atoms with Crippen molar-refractivity contribution in [3.63, 3.8) is 0 Å². The fourth-order valence-electron chi connectivity index (χ4n) is 2.04. The molecule has 0 fully saturated rings. The van der Waals surface area contributed by atoms with Gasteiger partial charge in [0, 0.05) is 12.8 Å². The van der Waals surface area contributed by atoms with Crippen molar-refractivity contribution in [2.75, 3.05) is 6.26 Å². The average Bonchev–Trinajstić information content (AvgIpc) is 2.52. The second-order valence-corrected chi connectivity index (χ2v) is 6.96. The fourth-order valence-corrected chi connectivity index (χ4v) is 2.93. The maximum atomic E-state index is 12.2. The molecular weight excluding hydrogens is 340 g/mol. The quantitative estimate of drug-likeness (QED) is 0.865. The third kappa shape index (κ3) is 4.76. The van der Waals surface area contributed by atoms with E-state index in [1.165, 1.54) is 42.5 Å². The molecule has 2 aromatic carbocycles. The van der Waals surface area contributed by atoms with Gasteiger partial charge in [0.25, 0.3) is 5.91 Å². The maximum absolute atomic E-state index is 12.2. The first-order valence-electron chi connectivity index (χ1n) is 6.88. The van der Waals surface area contributed by atoms with E-state index < -0.39 is 22.4 Å². The van der Waals surface area contributed by atoms with Crippen LogP contribution >= 0.6 is 0 Å². The lowest BCUT2D eigenvalue weighted by Crippen LogP contribution is -2.24. The fraction of sp³-hybridized carbons (Fsp3) is 0.188. The Labute approximate surface area is 138 Å². The van der Waals surface area contributed by atoms with Gasteiger partial charge in [-0.2, -0.15) is 8.78 Å². The summed E-state index contributed by atoms with van der Waals surface area (Å²) >= 11 is 0. The molecule has 0 spiro atoms. The van der Waals surface area contributed by atoms with E-state index in [4.69, 9.17) is 0 Å². The Hall–Kier alpha value is -2.48. The van der Waals surface area contributed by atoms with Crippen molar-refractivity contribution in [3.8, 4) is 5.75 Å². The van der Waals surface area contributed by atoms with Crippen molar-refractivity contribution >= 4 is 15.7 Å². The molecule has 2 rings (SSSR count). The van der Waals surface area contributed by atoms with Crippen LogP contribution in [-0.4, -0.2) is 27.2 Å². The Bertz CT molecular complexity index is 820. The molecule has 0 aliphatic carbocycles. The van der Waals surface area contributed by atoms with Gasteiger partial charge >= 0.3 is 6.61 Å². The van der Waals surface area contributed by atoms with Gasteiger partial charge in [0.15, 0.2) is 9.84 Å². The number of hydrogen-bond donors (Lipinski definition) is 1. The number of carbonyl (C=O) groups excluding carboxylic acids is 1. The third-order valence-electron chi connectivity index (χ3n) is 3.13. The van der Waals surface area contributed by atoms with Crippen LogP contribution in [0.3, 0.4) is 0 Å². The molecule has 1 N–H and O–H groups in total. The average molecular weight is 355 g/mol. The van der Waals surface area contributed by atoms with Gasteiger partial charge in [0.1, 0.15) is 5.75 Å². The predicted molar refractivity (Wildman–Crippen MR) is 83.8 cm³/mol. The van der Waals surface area contributed by atoms with Gasteiger partial charge in [-0.3, -0.25) is 4.79 Å². The highest BCUT2D eigenvalue weighted by Gasteiger charge is 2.17.